The summed E-state index contributed by atoms with van der Waals surface area (Å²) in [5.41, 5.74) is 1.92. The van der Waals surface area contributed by atoms with Gasteiger partial charge < -0.3 is 5.11 Å². The number of nitrogens with zero attached hydrogens (tertiary/aromatic N) is 1. The fourth-order valence-corrected chi connectivity index (χ4v) is 7.21. The van der Waals surface area contributed by atoms with Gasteiger partial charge in [-0.3, -0.25) is 0 Å². The fourth-order valence-electron chi connectivity index (χ4n) is 5.64. The van der Waals surface area contributed by atoms with Gasteiger partial charge in [0.05, 0.1) is 21.5 Å². The second-order valence-corrected chi connectivity index (χ2v) is 13.6. The van der Waals surface area contributed by atoms with Crippen LogP contribution in [0.3, 0.4) is 0 Å². The predicted molar refractivity (Wildman–Crippen MR) is 147 cm³/mol. The highest BCUT2D eigenvalue weighted by molar-refractivity contribution is 7.90. The molecule has 0 saturated heterocycles. The van der Waals surface area contributed by atoms with Crippen molar-refractivity contribution < 1.29 is 31.5 Å². The zero-order valence-corrected chi connectivity index (χ0v) is 23.4. The van der Waals surface area contributed by atoms with E-state index in [0.29, 0.717) is 5.56 Å². The van der Waals surface area contributed by atoms with Gasteiger partial charge in [0.1, 0.15) is 0 Å². The molecule has 40 heavy (non-hydrogen) atoms. The number of hydrogen-bond acceptors (Lipinski definition) is 3. The molecule has 1 aromatic heterocycles. The van der Waals surface area contributed by atoms with Crippen LogP contribution < -0.4 is 0 Å². The molecule has 1 heterocycles. The van der Waals surface area contributed by atoms with Crippen LogP contribution in [0, 0.1) is 0 Å². The van der Waals surface area contributed by atoms with Crippen molar-refractivity contribution in [2.75, 3.05) is 0 Å². The van der Waals surface area contributed by atoms with Crippen molar-refractivity contribution in [2.24, 2.45) is 0 Å². The summed E-state index contributed by atoms with van der Waals surface area (Å²) in [4.78, 5) is 11.3. The lowest BCUT2D eigenvalue weighted by atomic mass is 9.63. The van der Waals surface area contributed by atoms with Gasteiger partial charge in [-0.1, -0.05) is 45.9 Å². The quantitative estimate of drug-likeness (QED) is 0.270. The molecule has 0 amide bonds. The van der Waals surface area contributed by atoms with E-state index in [1.807, 2.05) is 6.07 Å². The molecule has 9 heteroatoms. The van der Waals surface area contributed by atoms with Gasteiger partial charge in [0.15, 0.2) is 0 Å². The largest absolute Gasteiger partial charge is 0.478 e. The fraction of sp³-hybridized carbons (Fsp3) is 0.323. The van der Waals surface area contributed by atoms with Gasteiger partial charge in [-0.15, -0.1) is 0 Å². The number of aromatic nitrogens is 1. The first-order chi connectivity index (χ1) is 18.5. The first-order valence-electron chi connectivity index (χ1n) is 13.0. The maximum absolute atomic E-state index is 14.3. The van der Waals surface area contributed by atoms with Crippen LogP contribution in [0.2, 0.25) is 0 Å². The molecule has 0 aliphatic heterocycles. The minimum Gasteiger partial charge on any atom is -0.478 e. The number of hydrogen-bond donors (Lipinski definition) is 1. The minimum atomic E-state index is -4.58. The lowest BCUT2D eigenvalue weighted by Crippen LogP contribution is -2.34. The number of rotatable bonds is 5. The topological polar surface area (TPSA) is 76.4 Å². The van der Waals surface area contributed by atoms with E-state index in [-0.39, 0.29) is 44.3 Å². The van der Waals surface area contributed by atoms with E-state index in [0.717, 1.165) is 40.1 Å². The number of halogens is 3. The summed E-state index contributed by atoms with van der Waals surface area (Å²) in [6.45, 7) is 8.46. The Labute approximate surface area is 231 Å². The van der Waals surface area contributed by atoms with Gasteiger partial charge in [0, 0.05) is 17.5 Å². The molecule has 5 rings (SSSR count). The molecule has 0 unspecified atom stereocenters. The Bertz CT molecular complexity index is 1750. The van der Waals surface area contributed by atoms with Gasteiger partial charge in [0.25, 0.3) is 10.0 Å². The number of carboxylic acid groups (broad SMARTS) is 1. The smallest absolute Gasteiger partial charge is 0.416 e. The van der Waals surface area contributed by atoms with Gasteiger partial charge in [-0.2, -0.15) is 13.2 Å². The summed E-state index contributed by atoms with van der Waals surface area (Å²) >= 11 is 0. The average molecular weight is 570 g/mol. The van der Waals surface area contributed by atoms with Crippen molar-refractivity contribution in [1.29, 1.82) is 0 Å². The van der Waals surface area contributed by atoms with Crippen molar-refractivity contribution in [3.8, 4) is 0 Å². The second-order valence-electron chi connectivity index (χ2n) is 11.8. The normalized spacial score (nSPS) is 16.6. The highest BCUT2D eigenvalue weighted by Crippen LogP contribution is 2.46. The standard InChI is InChI=1S/C31H30F3NO4S/c1-29(2)13-14-30(3,4)26-18-24(10-11-25(26)29)40(38,39)35-23(15-19-5-7-20(8-6-19)28(36)37)17-21-16-22(31(32,33)34)9-12-27(21)35/h5-12,16-18H,13-15H2,1-4H3,(H,36,37). The van der Waals surface area contributed by atoms with Crippen molar-refractivity contribution in [3.63, 3.8) is 0 Å². The van der Waals surface area contributed by atoms with Crippen LogP contribution in [-0.2, 0) is 33.5 Å². The maximum Gasteiger partial charge on any atom is 0.416 e. The molecule has 0 bridgehead atoms. The summed E-state index contributed by atoms with van der Waals surface area (Å²) in [5, 5.41) is 9.36. The maximum atomic E-state index is 14.3. The SMILES string of the molecule is CC1(C)CCC(C)(C)c2cc(S(=O)(=O)n3c(Cc4ccc(C(=O)O)cc4)cc4cc(C(F)(F)F)ccc43)ccc21. The number of benzene rings is 3. The molecule has 1 aliphatic rings. The predicted octanol–water partition coefficient (Wildman–Crippen LogP) is 7.54. The van der Waals surface area contributed by atoms with Crippen molar-refractivity contribution in [2.45, 2.75) is 68.9 Å². The molecule has 3 aromatic carbocycles. The van der Waals surface area contributed by atoms with Crippen LogP contribution in [0.1, 0.15) is 78.8 Å². The Balaban J connectivity index is 1.70. The Morgan fingerprint density at radius 1 is 0.875 bits per heavy atom. The molecule has 0 radical (unpaired) electrons. The Morgan fingerprint density at radius 3 is 2.10 bits per heavy atom. The van der Waals surface area contributed by atoms with E-state index < -0.39 is 27.7 Å². The highest BCUT2D eigenvalue weighted by atomic mass is 32.2. The molecule has 5 nitrogen and oxygen atoms in total. The molecule has 1 aliphatic carbocycles. The summed E-state index contributed by atoms with van der Waals surface area (Å²) < 4.78 is 70.1. The minimum absolute atomic E-state index is 0.0666. The van der Waals surface area contributed by atoms with Gasteiger partial charge >= 0.3 is 12.1 Å². The van der Waals surface area contributed by atoms with Crippen LogP contribution in [-0.4, -0.2) is 23.5 Å². The summed E-state index contributed by atoms with van der Waals surface area (Å²) in [5.74, 6) is -1.10. The van der Waals surface area contributed by atoms with Gasteiger partial charge in [-0.25, -0.2) is 17.2 Å². The highest BCUT2D eigenvalue weighted by Gasteiger charge is 2.38. The van der Waals surface area contributed by atoms with Crippen molar-refractivity contribution >= 4 is 26.9 Å². The number of fused-ring (bicyclic) bond motifs is 2. The van der Waals surface area contributed by atoms with E-state index in [1.165, 1.54) is 24.3 Å². The van der Waals surface area contributed by atoms with Crippen LogP contribution in [0.25, 0.3) is 10.9 Å². The molecule has 0 spiro atoms. The lowest BCUT2D eigenvalue weighted by Gasteiger charge is -2.42. The second kappa shape index (κ2) is 9.23. The Hall–Kier alpha value is -3.59. The Kier molecular flexibility index (Phi) is 6.45. The third kappa shape index (κ3) is 4.80. The number of carboxylic acids is 1. The van der Waals surface area contributed by atoms with Crippen LogP contribution in [0.5, 0.6) is 0 Å². The molecule has 0 atom stereocenters. The third-order valence-corrected chi connectivity index (χ3v) is 9.87. The van der Waals surface area contributed by atoms with Crippen molar-refractivity contribution in [1.82, 2.24) is 3.97 Å². The van der Waals surface area contributed by atoms with Gasteiger partial charge in [0.2, 0.25) is 0 Å². The summed E-state index contributed by atoms with van der Waals surface area (Å²) in [6.07, 6.45) is -2.66. The third-order valence-electron chi connectivity index (χ3n) is 8.11. The molecular weight excluding hydrogens is 539 g/mol. The molecular formula is C31H30F3NO4S. The molecule has 210 valence electrons. The lowest BCUT2D eigenvalue weighted by molar-refractivity contribution is -0.137. The van der Waals surface area contributed by atoms with E-state index in [9.17, 15) is 31.5 Å². The average Bonchev–Trinajstić information content (AvgIpc) is 3.24. The zero-order valence-electron chi connectivity index (χ0n) is 22.6. The zero-order chi connectivity index (χ0) is 29.3. The first-order valence-corrected chi connectivity index (χ1v) is 14.4. The Morgan fingerprint density at radius 2 is 1.50 bits per heavy atom. The van der Waals surface area contributed by atoms with E-state index in [4.69, 9.17) is 0 Å². The van der Waals surface area contributed by atoms with Crippen LogP contribution >= 0.6 is 0 Å². The first kappa shape index (κ1) is 28.0. The number of aromatic carboxylic acids is 1. The van der Waals surface area contributed by atoms with Crippen molar-refractivity contribution in [3.05, 3.63) is 100 Å². The molecule has 0 fully saturated rings. The van der Waals surface area contributed by atoms with E-state index >= 15 is 0 Å². The monoisotopic (exact) mass is 569 g/mol. The number of alkyl halides is 3. The molecule has 0 saturated carbocycles. The summed E-state index contributed by atoms with van der Waals surface area (Å²) in [7, 11) is -4.22. The van der Waals surface area contributed by atoms with Gasteiger partial charge in [-0.05, 0) is 88.9 Å². The van der Waals surface area contributed by atoms with E-state index in [2.05, 4.69) is 27.7 Å². The number of carbonyl (C=O) groups is 1. The molecule has 1 N–H and O–H groups in total. The van der Waals surface area contributed by atoms with E-state index in [1.54, 1.807) is 24.3 Å². The molecule has 4 aromatic rings. The summed E-state index contributed by atoms with van der Waals surface area (Å²) in [6, 6.07) is 15.6. The van der Waals surface area contributed by atoms with Crippen LogP contribution in [0.15, 0.2) is 71.6 Å². The van der Waals surface area contributed by atoms with Crippen LogP contribution in [0.4, 0.5) is 13.2 Å².